The van der Waals surface area contributed by atoms with Crippen LogP contribution in [0.4, 0.5) is 0 Å². The molecule has 1 nitrogen and oxygen atoms in total. The van der Waals surface area contributed by atoms with Gasteiger partial charge in [0.2, 0.25) is 0 Å². The molecule has 1 heterocycles. The number of hydrogen-bond donors (Lipinski definition) is 0. The van der Waals surface area contributed by atoms with Crippen molar-refractivity contribution in [1.82, 2.24) is 0 Å². The van der Waals surface area contributed by atoms with Crippen molar-refractivity contribution in [3.8, 4) is 0 Å². The Kier molecular flexibility index (Phi) is 4.58. The van der Waals surface area contributed by atoms with Gasteiger partial charge in [0.1, 0.15) is 0 Å². The third kappa shape index (κ3) is 3.09. The molecule has 0 N–H and O–H groups in total. The number of allylic oxidation sites excluding steroid dienone is 1. The molecular weight excluding hydrogens is 236 g/mol. The summed E-state index contributed by atoms with van der Waals surface area (Å²) in [6.07, 6.45) is 4.18. The number of methoxy groups -OCH3 is 1. The fraction of sp³-hybridized carbons (Fsp3) is 0.333. The number of rotatable bonds is 4. The molecule has 0 saturated carbocycles. The normalized spacial score (nSPS) is 11.2. The standard InChI is InChI=1S/C9H11BrOS/c1-11-6-9-5-8(7-12-9)3-2-4-10/h2-3,5,7H,4,6H2,1H3. The molecule has 0 fully saturated rings. The van der Waals surface area contributed by atoms with E-state index in [0.29, 0.717) is 6.61 Å². The second-order valence-electron chi connectivity index (χ2n) is 2.34. The Labute approximate surface area is 85.2 Å². The van der Waals surface area contributed by atoms with Crippen molar-refractivity contribution in [3.63, 3.8) is 0 Å². The molecule has 0 radical (unpaired) electrons. The van der Waals surface area contributed by atoms with E-state index >= 15 is 0 Å². The largest absolute Gasteiger partial charge is 0.379 e. The maximum absolute atomic E-state index is 5.02. The van der Waals surface area contributed by atoms with Gasteiger partial charge < -0.3 is 4.74 Å². The van der Waals surface area contributed by atoms with Crippen LogP contribution in [0.2, 0.25) is 0 Å². The van der Waals surface area contributed by atoms with Gasteiger partial charge in [0.25, 0.3) is 0 Å². The fourth-order valence-corrected chi connectivity index (χ4v) is 1.89. The summed E-state index contributed by atoms with van der Waals surface area (Å²) in [6.45, 7) is 0.715. The molecule has 1 aromatic rings. The maximum Gasteiger partial charge on any atom is 0.0805 e. The molecule has 0 amide bonds. The Morgan fingerprint density at radius 2 is 2.50 bits per heavy atom. The highest BCUT2D eigenvalue weighted by atomic mass is 79.9. The van der Waals surface area contributed by atoms with Crippen LogP contribution >= 0.6 is 27.3 Å². The molecule has 0 aliphatic heterocycles. The summed E-state index contributed by atoms with van der Waals surface area (Å²) in [5.41, 5.74) is 1.26. The lowest BCUT2D eigenvalue weighted by atomic mass is 10.3. The van der Waals surface area contributed by atoms with E-state index in [2.05, 4.69) is 39.5 Å². The van der Waals surface area contributed by atoms with Crippen molar-refractivity contribution < 1.29 is 4.74 Å². The number of hydrogen-bond acceptors (Lipinski definition) is 2. The minimum Gasteiger partial charge on any atom is -0.379 e. The van der Waals surface area contributed by atoms with Crippen LogP contribution in [0.3, 0.4) is 0 Å². The van der Waals surface area contributed by atoms with E-state index < -0.39 is 0 Å². The smallest absolute Gasteiger partial charge is 0.0805 e. The predicted octanol–water partition coefficient (Wildman–Crippen LogP) is 3.30. The molecular formula is C9H11BrOS. The van der Waals surface area contributed by atoms with Crippen LogP contribution in [0.25, 0.3) is 6.08 Å². The highest BCUT2D eigenvalue weighted by molar-refractivity contribution is 9.09. The second kappa shape index (κ2) is 5.51. The topological polar surface area (TPSA) is 9.23 Å². The highest BCUT2D eigenvalue weighted by Crippen LogP contribution is 2.16. The second-order valence-corrected chi connectivity index (χ2v) is 3.98. The Morgan fingerprint density at radius 3 is 3.17 bits per heavy atom. The van der Waals surface area contributed by atoms with Crippen molar-refractivity contribution in [2.24, 2.45) is 0 Å². The van der Waals surface area contributed by atoms with Crippen molar-refractivity contribution in [2.75, 3.05) is 12.4 Å². The Balaban J connectivity index is 2.57. The van der Waals surface area contributed by atoms with Crippen LogP contribution in [0.1, 0.15) is 10.4 Å². The summed E-state index contributed by atoms with van der Waals surface area (Å²) in [7, 11) is 1.72. The third-order valence-corrected chi connectivity index (χ3v) is 2.66. The van der Waals surface area contributed by atoms with Crippen molar-refractivity contribution >= 4 is 33.3 Å². The van der Waals surface area contributed by atoms with Crippen molar-refractivity contribution in [2.45, 2.75) is 6.61 Å². The predicted molar refractivity (Wildman–Crippen MR) is 57.9 cm³/mol. The van der Waals surface area contributed by atoms with Gasteiger partial charge in [-0.1, -0.05) is 28.1 Å². The van der Waals surface area contributed by atoms with E-state index in [0.717, 1.165) is 5.33 Å². The molecule has 0 spiro atoms. The average molecular weight is 247 g/mol. The highest BCUT2D eigenvalue weighted by Gasteiger charge is 1.95. The number of halogens is 1. The monoisotopic (exact) mass is 246 g/mol. The summed E-state index contributed by atoms with van der Waals surface area (Å²) < 4.78 is 5.02. The van der Waals surface area contributed by atoms with Crippen LogP contribution in [0.15, 0.2) is 17.5 Å². The lowest BCUT2D eigenvalue weighted by Crippen LogP contribution is -1.80. The SMILES string of the molecule is COCc1cc(C=CCBr)cs1. The molecule has 0 aliphatic carbocycles. The van der Waals surface area contributed by atoms with Gasteiger partial charge in [-0.05, 0) is 17.0 Å². The first-order valence-electron chi connectivity index (χ1n) is 3.65. The van der Waals surface area contributed by atoms with Gasteiger partial charge in [-0.2, -0.15) is 0 Å². The summed E-state index contributed by atoms with van der Waals surface area (Å²) in [5.74, 6) is 0. The van der Waals surface area contributed by atoms with E-state index in [1.807, 2.05) is 0 Å². The van der Waals surface area contributed by atoms with Crippen LogP contribution in [-0.4, -0.2) is 12.4 Å². The fourth-order valence-electron chi connectivity index (χ4n) is 0.884. The molecule has 1 aromatic heterocycles. The zero-order valence-electron chi connectivity index (χ0n) is 6.92. The molecule has 0 unspecified atom stereocenters. The maximum atomic E-state index is 5.02. The van der Waals surface area contributed by atoms with Gasteiger partial charge in [0, 0.05) is 17.3 Å². The first-order chi connectivity index (χ1) is 5.86. The van der Waals surface area contributed by atoms with Crippen molar-refractivity contribution in [1.29, 1.82) is 0 Å². The van der Waals surface area contributed by atoms with E-state index in [-0.39, 0.29) is 0 Å². The lowest BCUT2D eigenvalue weighted by molar-refractivity contribution is 0.187. The van der Waals surface area contributed by atoms with Crippen LogP contribution in [-0.2, 0) is 11.3 Å². The molecule has 66 valence electrons. The first-order valence-corrected chi connectivity index (χ1v) is 5.65. The molecule has 0 aliphatic rings. The lowest BCUT2D eigenvalue weighted by Gasteiger charge is -1.89. The van der Waals surface area contributed by atoms with Gasteiger partial charge in [-0.15, -0.1) is 11.3 Å². The van der Waals surface area contributed by atoms with Crippen LogP contribution < -0.4 is 0 Å². The zero-order chi connectivity index (χ0) is 8.81. The first kappa shape index (κ1) is 9.96. The Hall–Kier alpha value is -0.120. The van der Waals surface area contributed by atoms with Gasteiger partial charge in [-0.25, -0.2) is 0 Å². The quantitative estimate of drug-likeness (QED) is 0.742. The van der Waals surface area contributed by atoms with Gasteiger partial charge in [-0.3, -0.25) is 0 Å². The van der Waals surface area contributed by atoms with Gasteiger partial charge >= 0.3 is 0 Å². The van der Waals surface area contributed by atoms with E-state index in [9.17, 15) is 0 Å². The summed E-state index contributed by atoms with van der Waals surface area (Å²) in [6, 6.07) is 2.15. The number of thiophene rings is 1. The number of alkyl halides is 1. The molecule has 0 saturated heterocycles. The van der Waals surface area contributed by atoms with Crippen molar-refractivity contribution in [3.05, 3.63) is 28.0 Å². The third-order valence-electron chi connectivity index (χ3n) is 1.36. The molecule has 0 aromatic carbocycles. The summed E-state index contributed by atoms with van der Waals surface area (Å²) in [4.78, 5) is 1.27. The van der Waals surface area contributed by atoms with E-state index in [4.69, 9.17) is 4.74 Å². The number of ether oxygens (including phenoxy) is 1. The van der Waals surface area contributed by atoms with E-state index in [1.54, 1.807) is 18.4 Å². The van der Waals surface area contributed by atoms with Gasteiger partial charge in [0.15, 0.2) is 0 Å². The average Bonchev–Trinajstić information content (AvgIpc) is 2.50. The summed E-state index contributed by atoms with van der Waals surface area (Å²) in [5, 5.41) is 3.04. The van der Waals surface area contributed by atoms with Gasteiger partial charge in [0.05, 0.1) is 6.61 Å². The molecule has 12 heavy (non-hydrogen) atoms. The Morgan fingerprint density at radius 1 is 1.67 bits per heavy atom. The molecule has 1 rings (SSSR count). The van der Waals surface area contributed by atoms with Crippen LogP contribution in [0, 0.1) is 0 Å². The van der Waals surface area contributed by atoms with Crippen LogP contribution in [0.5, 0.6) is 0 Å². The zero-order valence-corrected chi connectivity index (χ0v) is 9.32. The Bertz CT molecular complexity index is 255. The molecule has 3 heteroatoms. The molecule has 0 bridgehead atoms. The minimum absolute atomic E-state index is 0.715. The minimum atomic E-state index is 0.715. The molecule has 0 atom stereocenters. The summed E-state index contributed by atoms with van der Waals surface area (Å²) >= 11 is 5.07. The van der Waals surface area contributed by atoms with E-state index in [1.165, 1.54) is 10.4 Å².